The Morgan fingerprint density at radius 1 is 1.42 bits per heavy atom. The van der Waals surface area contributed by atoms with E-state index in [1.54, 1.807) is 17.8 Å². The second kappa shape index (κ2) is 7.94. The average molecular weight is 306 g/mol. The van der Waals surface area contributed by atoms with Crippen LogP contribution in [0.3, 0.4) is 0 Å². The summed E-state index contributed by atoms with van der Waals surface area (Å²) in [4.78, 5) is 0. The number of hydrogen-bond acceptors (Lipinski definition) is 5. The molecule has 0 aliphatic heterocycles. The van der Waals surface area contributed by atoms with Crippen LogP contribution >= 0.6 is 11.8 Å². The fraction of sp³-hybridized carbons (Fsp3) is 0.667. The molecule has 0 aliphatic carbocycles. The van der Waals surface area contributed by atoms with Crippen molar-refractivity contribution in [3.8, 4) is 0 Å². The van der Waals surface area contributed by atoms with Crippen LogP contribution in [0.5, 0.6) is 0 Å². The fourth-order valence-electron chi connectivity index (χ4n) is 1.43. The zero-order chi connectivity index (χ0) is 14.3. The largest absolute Gasteiger partial charge is 0.447 e. The number of furan rings is 1. The Balaban J connectivity index is 2.54. The smallest absolute Gasteiger partial charge is 0.273 e. The standard InChI is InChI=1S/C12H22N2O3S2/c1-4-13-9-11-5-6-12(17-11)19(15,16)14-8-7-10(2)18-3/h5-6,10,13-14H,4,7-9H2,1-3H3. The second-order valence-corrected chi connectivity index (χ2v) is 7.21. The Bertz CT molecular complexity index is 471. The molecule has 0 amide bonds. The molecule has 0 aromatic carbocycles. The van der Waals surface area contributed by atoms with Crippen molar-refractivity contribution in [2.45, 2.75) is 37.2 Å². The Labute approximate surface area is 119 Å². The highest BCUT2D eigenvalue weighted by Gasteiger charge is 2.18. The molecule has 0 spiro atoms. The summed E-state index contributed by atoms with van der Waals surface area (Å²) in [5, 5.41) is 3.50. The predicted molar refractivity (Wildman–Crippen MR) is 78.9 cm³/mol. The summed E-state index contributed by atoms with van der Waals surface area (Å²) in [6.07, 6.45) is 2.81. The molecule has 1 unspecified atom stereocenters. The van der Waals surface area contributed by atoms with Gasteiger partial charge in [-0.15, -0.1) is 0 Å². The quantitative estimate of drug-likeness (QED) is 0.728. The van der Waals surface area contributed by atoms with Gasteiger partial charge >= 0.3 is 0 Å². The fourth-order valence-corrected chi connectivity index (χ4v) is 2.78. The van der Waals surface area contributed by atoms with Crippen molar-refractivity contribution in [3.63, 3.8) is 0 Å². The molecule has 7 heteroatoms. The van der Waals surface area contributed by atoms with Crippen LogP contribution in [0.2, 0.25) is 0 Å². The highest BCUT2D eigenvalue weighted by Crippen LogP contribution is 2.14. The lowest BCUT2D eigenvalue weighted by molar-refractivity contribution is 0.401. The molecular formula is C12H22N2O3S2. The van der Waals surface area contributed by atoms with Crippen LogP contribution in [-0.4, -0.2) is 33.0 Å². The molecule has 1 aromatic heterocycles. The molecule has 1 heterocycles. The van der Waals surface area contributed by atoms with Gasteiger partial charge < -0.3 is 9.73 Å². The minimum absolute atomic E-state index is 0.0165. The molecule has 2 N–H and O–H groups in total. The van der Waals surface area contributed by atoms with Gasteiger partial charge in [0.25, 0.3) is 10.0 Å². The molecule has 110 valence electrons. The summed E-state index contributed by atoms with van der Waals surface area (Å²) in [5.74, 6) is 0.625. The number of nitrogens with one attached hydrogen (secondary N) is 2. The summed E-state index contributed by atoms with van der Waals surface area (Å²) in [7, 11) is -3.52. The third-order valence-corrected chi connectivity index (χ3v) is 5.07. The van der Waals surface area contributed by atoms with E-state index in [1.807, 2.05) is 13.2 Å². The Morgan fingerprint density at radius 2 is 2.16 bits per heavy atom. The maximum Gasteiger partial charge on any atom is 0.273 e. The minimum atomic E-state index is -3.52. The summed E-state index contributed by atoms with van der Waals surface area (Å²) < 4.78 is 31.8. The highest BCUT2D eigenvalue weighted by atomic mass is 32.2. The van der Waals surface area contributed by atoms with Crippen LogP contribution in [-0.2, 0) is 16.6 Å². The first kappa shape index (κ1) is 16.6. The van der Waals surface area contributed by atoms with Gasteiger partial charge in [0.1, 0.15) is 5.76 Å². The van der Waals surface area contributed by atoms with Gasteiger partial charge in [-0.1, -0.05) is 13.8 Å². The van der Waals surface area contributed by atoms with Gasteiger partial charge in [-0.25, -0.2) is 13.1 Å². The molecule has 1 rings (SSSR count). The Morgan fingerprint density at radius 3 is 2.79 bits per heavy atom. The van der Waals surface area contributed by atoms with E-state index in [9.17, 15) is 8.42 Å². The lowest BCUT2D eigenvalue weighted by Gasteiger charge is -2.08. The third-order valence-electron chi connectivity index (χ3n) is 2.70. The summed E-state index contributed by atoms with van der Waals surface area (Å²) in [6.45, 7) is 5.83. The molecule has 0 radical (unpaired) electrons. The number of hydrogen-bond donors (Lipinski definition) is 2. The molecule has 5 nitrogen and oxygen atoms in total. The van der Waals surface area contributed by atoms with Gasteiger partial charge in [0.15, 0.2) is 0 Å². The first-order valence-corrected chi connectivity index (χ1v) is 9.08. The Kier molecular flexibility index (Phi) is 6.92. The topological polar surface area (TPSA) is 71.3 Å². The van der Waals surface area contributed by atoms with Crippen molar-refractivity contribution < 1.29 is 12.8 Å². The number of sulfonamides is 1. The molecule has 0 saturated heterocycles. The van der Waals surface area contributed by atoms with E-state index in [0.29, 0.717) is 24.1 Å². The van der Waals surface area contributed by atoms with Gasteiger partial charge in [-0.2, -0.15) is 11.8 Å². The van der Waals surface area contributed by atoms with Crippen molar-refractivity contribution in [1.29, 1.82) is 0 Å². The van der Waals surface area contributed by atoms with Crippen LogP contribution in [0.4, 0.5) is 0 Å². The van der Waals surface area contributed by atoms with Crippen molar-refractivity contribution >= 4 is 21.8 Å². The maximum absolute atomic E-state index is 12.0. The highest BCUT2D eigenvalue weighted by molar-refractivity contribution is 7.99. The molecular weight excluding hydrogens is 284 g/mol. The SMILES string of the molecule is CCNCc1ccc(S(=O)(=O)NCCC(C)SC)o1. The summed E-state index contributed by atoms with van der Waals surface area (Å²) >= 11 is 1.72. The van der Waals surface area contributed by atoms with Crippen LogP contribution in [0.15, 0.2) is 21.6 Å². The third kappa shape index (κ3) is 5.56. The number of rotatable bonds is 9. The zero-order valence-electron chi connectivity index (χ0n) is 11.6. The van der Waals surface area contributed by atoms with Gasteiger partial charge in [-0.3, -0.25) is 0 Å². The molecule has 0 aliphatic rings. The minimum Gasteiger partial charge on any atom is -0.447 e. The van der Waals surface area contributed by atoms with E-state index >= 15 is 0 Å². The van der Waals surface area contributed by atoms with Crippen LogP contribution in [0, 0.1) is 0 Å². The van der Waals surface area contributed by atoms with E-state index in [4.69, 9.17) is 4.42 Å². The molecule has 19 heavy (non-hydrogen) atoms. The van der Waals surface area contributed by atoms with Crippen LogP contribution in [0.25, 0.3) is 0 Å². The first-order valence-electron chi connectivity index (χ1n) is 6.31. The normalized spacial score (nSPS) is 13.6. The van der Waals surface area contributed by atoms with Gasteiger partial charge in [0, 0.05) is 11.8 Å². The van der Waals surface area contributed by atoms with Crippen LogP contribution < -0.4 is 10.0 Å². The first-order chi connectivity index (χ1) is 8.99. The number of thioether (sulfide) groups is 1. The van der Waals surface area contributed by atoms with E-state index in [1.165, 1.54) is 6.07 Å². The Hall–Kier alpha value is -0.500. The van der Waals surface area contributed by atoms with Crippen molar-refractivity contribution in [3.05, 3.63) is 17.9 Å². The van der Waals surface area contributed by atoms with E-state index < -0.39 is 10.0 Å². The van der Waals surface area contributed by atoms with E-state index in [2.05, 4.69) is 17.0 Å². The van der Waals surface area contributed by atoms with Gasteiger partial charge in [0.2, 0.25) is 5.09 Å². The van der Waals surface area contributed by atoms with Crippen molar-refractivity contribution in [2.75, 3.05) is 19.3 Å². The average Bonchev–Trinajstić information content (AvgIpc) is 2.85. The lowest BCUT2D eigenvalue weighted by atomic mass is 10.3. The molecule has 1 atom stereocenters. The molecule has 0 saturated carbocycles. The summed E-state index contributed by atoms with van der Waals surface area (Å²) in [5.41, 5.74) is 0. The van der Waals surface area contributed by atoms with Gasteiger partial charge in [0.05, 0.1) is 6.54 Å². The van der Waals surface area contributed by atoms with Crippen molar-refractivity contribution in [1.82, 2.24) is 10.0 Å². The monoisotopic (exact) mass is 306 g/mol. The summed E-state index contributed by atoms with van der Waals surface area (Å²) in [6, 6.07) is 3.18. The van der Waals surface area contributed by atoms with E-state index in [0.717, 1.165) is 13.0 Å². The molecule has 1 aromatic rings. The van der Waals surface area contributed by atoms with Crippen LogP contribution in [0.1, 0.15) is 26.0 Å². The lowest BCUT2D eigenvalue weighted by Crippen LogP contribution is -2.26. The predicted octanol–water partition coefficient (Wildman–Crippen LogP) is 1.81. The van der Waals surface area contributed by atoms with Gasteiger partial charge in [-0.05, 0) is 31.4 Å². The molecule has 0 fully saturated rings. The van der Waals surface area contributed by atoms with E-state index in [-0.39, 0.29) is 5.09 Å². The molecule has 0 bridgehead atoms. The maximum atomic E-state index is 12.0. The second-order valence-electron chi connectivity index (χ2n) is 4.23. The van der Waals surface area contributed by atoms with Crippen molar-refractivity contribution in [2.24, 2.45) is 0 Å². The zero-order valence-corrected chi connectivity index (χ0v) is 13.2.